The van der Waals surface area contributed by atoms with Gasteiger partial charge in [-0.25, -0.2) is 4.79 Å². The minimum Gasteiger partial charge on any atom is -1.00 e. The van der Waals surface area contributed by atoms with E-state index in [1.54, 1.807) is 0 Å². The second-order valence-corrected chi connectivity index (χ2v) is 0.283. The largest absolute Gasteiger partial charge is 2.00 e. The Morgan fingerprint density at radius 3 is 1.43 bits per heavy atom. The van der Waals surface area contributed by atoms with Crippen LogP contribution in [0.15, 0.2) is 0 Å². The van der Waals surface area contributed by atoms with Gasteiger partial charge in [0, 0.05) is 49.8 Å². The van der Waals surface area contributed by atoms with E-state index in [4.69, 9.17) is 15.0 Å². The molecule has 42 valence electrons. The van der Waals surface area contributed by atoms with Crippen molar-refractivity contribution in [2.45, 2.75) is 0 Å². The summed E-state index contributed by atoms with van der Waals surface area (Å²) in [5.74, 6) is 0. The molecule has 2 N–H and O–H groups in total. The first-order valence-corrected chi connectivity index (χ1v) is 0.651. The summed E-state index contributed by atoms with van der Waals surface area (Å²) >= 11 is 0. The Morgan fingerprint density at radius 1 is 1.43 bits per heavy atom. The molecule has 7 heavy (non-hydrogen) atoms. The number of hydrogen-bond acceptors (Lipinski definition) is 1. The van der Waals surface area contributed by atoms with Crippen LogP contribution in [0, 0.1) is 0 Å². The molecule has 0 aliphatic carbocycles. The third-order valence-corrected chi connectivity index (χ3v) is 0. The van der Waals surface area contributed by atoms with E-state index in [0.717, 1.165) is 0 Å². The maximum atomic E-state index is 8.56. The van der Waals surface area contributed by atoms with Crippen LogP contribution in [-0.4, -0.2) is 65.2 Å². The van der Waals surface area contributed by atoms with E-state index in [-0.39, 0.29) is 102 Å². The summed E-state index contributed by atoms with van der Waals surface area (Å²) in [5, 5.41) is 13.9. The fourth-order valence-corrected chi connectivity index (χ4v) is 0. The fraction of sp³-hybridized carbons (Fsp3) is 0. The molecular weight excluding hydrogens is 350 g/mol. The van der Waals surface area contributed by atoms with Gasteiger partial charge in [0.2, 0.25) is 0 Å². The van der Waals surface area contributed by atoms with Gasteiger partial charge in [0.1, 0.15) is 0 Å². The number of carboxylic acid groups (broad SMARTS) is 2. The van der Waals surface area contributed by atoms with Crippen molar-refractivity contribution in [2.24, 2.45) is 0 Å². The SMILES string of the molecule is O=C(O)O.[Ba+2].[Cu].[H-].[H-].[Y]. The molecule has 0 saturated carbocycles. The van der Waals surface area contributed by atoms with Gasteiger partial charge >= 0.3 is 55.0 Å². The molecule has 0 aromatic rings. The first-order chi connectivity index (χ1) is 1.73. The van der Waals surface area contributed by atoms with Crippen molar-refractivity contribution in [3.05, 3.63) is 0 Å². The van der Waals surface area contributed by atoms with E-state index in [1.165, 1.54) is 0 Å². The van der Waals surface area contributed by atoms with Crippen molar-refractivity contribution in [1.29, 1.82) is 0 Å². The van der Waals surface area contributed by atoms with Crippen molar-refractivity contribution < 1.29 is 67.6 Å². The summed E-state index contributed by atoms with van der Waals surface area (Å²) in [7, 11) is 0. The molecule has 6 heteroatoms. The fourth-order valence-electron chi connectivity index (χ4n) is 0. The van der Waals surface area contributed by atoms with E-state index >= 15 is 0 Å². The van der Waals surface area contributed by atoms with Crippen LogP contribution < -0.4 is 0 Å². The quantitative estimate of drug-likeness (QED) is 0.606. The Hall–Kier alpha value is 2.46. The molecule has 0 atom stereocenters. The minimum atomic E-state index is -1.83. The number of hydrogen-bond donors (Lipinski definition) is 2. The molecule has 0 heterocycles. The van der Waals surface area contributed by atoms with Crippen LogP contribution in [0.1, 0.15) is 2.85 Å². The molecule has 0 spiro atoms. The normalized spacial score (nSPS) is 3.43. The zero-order valence-corrected chi connectivity index (χ0v) is 11.6. The van der Waals surface area contributed by atoms with Crippen molar-refractivity contribution >= 4 is 55.0 Å². The van der Waals surface area contributed by atoms with Crippen LogP contribution in [0.25, 0.3) is 0 Å². The van der Waals surface area contributed by atoms with Crippen molar-refractivity contribution in [3.63, 3.8) is 0 Å². The molecule has 0 aromatic carbocycles. The van der Waals surface area contributed by atoms with Crippen molar-refractivity contribution in [1.82, 2.24) is 0 Å². The Labute approximate surface area is 120 Å². The molecule has 0 fully saturated rings. The molecule has 0 unspecified atom stereocenters. The van der Waals surface area contributed by atoms with Gasteiger partial charge in [0.15, 0.2) is 0 Å². The van der Waals surface area contributed by atoms with Gasteiger partial charge in [-0.1, -0.05) is 0 Å². The first-order valence-electron chi connectivity index (χ1n) is 0.651. The summed E-state index contributed by atoms with van der Waals surface area (Å²) in [6, 6.07) is 0. The maximum Gasteiger partial charge on any atom is 2.00 e. The van der Waals surface area contributed by atoms with Gasteiger partial charge in [-0.2, -0.15) is 0 Å². The number of carbonyl (C=O) groups is 1. The maximum absolute atomic E-state index is 8.56. The third-order valence-electron chi connectivity index (χ3n) is 0. The average Bonchev–Trinajstić information content (AvgIpc) is 0.811. The Balaban J connectivity index is -0.00000000450. The van der Waals surface area contributed by atoms with Crippen LogP contribution in [0.3, 0.4) is 0 Å². The molecular formula is CH4BaCuO3Y. The van der Waals surface area contributed by atoms with Gasteiger partial charge in [0.05, 0.1) is 0 Å². The van der Waals surface area contributed by atoms with Gasteiger partial charge < -0.3 is 13.1 Å². The number of rotatable bonds is 0. The molecule has 3 nitrogen and oxygen atoms in total. The Morgan fingerprint density at radius 2 is 1.43 bits per heavy atom. The van der Waals surface area contributed by atoms with E-state index < -0.39 is 6.16 Å². The van der Waals surface area contributed by atoms with Crippen LogP contribution in [0.4, 0.5) is 4.79 Å². The molecule has 0 aromatic heterocycles. The average molecular weight is 354 g/mol. The van der Waals surface area contributed by atoms with Gasteiger partial charge in [-0.05, 0) is 0 Å². The summed E-state index contributed by atoms with van der Waals surface area (Å²) in [5.41, 5.74) is 0. The van der Waals surface area contributed by atoms with Gasteiger partial charge in [0.25, 0.3) is 0 Å². The smallest absolute Gasteiger partial charge is 1.00 e. The van der Waals surface area contributed by atoms with Crippen LogP contribution in [0.5, 0.6) is 0 Å². The molecule has 0 amide bonds. The predicted molar refractivity (Wildman–Crippen MR) is 18.6 cm³/mol. The first kappa shape index (κ1) is 22.7. The molecule has 0 aliphatic rings. The summed E-state index contributed by atoms with van der Waals surface area (Å²) in [6.07, 6.45) is -1.83. The molecule has 0 aliphatic heterocycles. The van der Waals surface area contributed by atoms with E-state index in [9.17, 15) is 0 Å². The standard InChI is InChI=1S/CH2O3.Ba.Cu.Y.2H/c2-1(3)4;;;;;/h(H2,2,3,4);;;;;/q;+2;;;2*-1. The summed E-state index contributed by atoms with van der Waals surface area (Å²) in [6.45, 7) is 0. The Kier molecular flexibility index (Phi) is 51.2. The molecule has 0 saturated heterocycles. The topological polar surface area (TPSA) is 57.5 Å². The molecule has 0 rings (SSSR count). The van der Waals surface area contributed by atoms with Gasteiger partial charge in [-0.15, -0.1) is 0 Å². The minimum absolute atomic E-state index is 0. The van der Waals surface area contributed by atoms with E-state index in [0.29, 0.717) is 0 Å². The van der Waals surface area contributed by atoms with Crippen LogP contribution >= 0.6 is 0 Å². The van der Waals surface area contributed by atoms with Crippen LogP contribution in [0.2, 0.25) is 0 Å². The van der Waals surface area contributed by atoms with E-state index in [2.05, 4.69) is 0 Å². The van der Waals surface area contributed by atoms with Gasteiger partial charge in [-0.3, -0.25) is 0 Å². The van der Waals surface area contributed by atoms with Crippen molar-refractivity contribution in [2.75, 3.05) is 0 Å². The molecule has 0 bridgehead atoms. The Bertz CT molecular complexity index is 44.8. The third kappa shape index (κ3) is 58.2. The zero-order valence-electron chi connectivity index (χ0n) is 5.39. The van der Waals surface area contributed by atoms with Crippen LogP contribution in [-0.2, 0) is 49.8 Å². The molecule has 2 radical (unpaired) electrons. The zero-order chi connectivity index (χ0) is 3.58. The second kappa shape index (κ2) is 15.8. The second-order valence-electron chi connectivity index (χ2n) is 0.283. The van der Waals surface area contributed by atoms with E-state index in [1.807, 2.05) is 0 Å². The summed E-state index contributed by atoms with van der Waals surface area (Å²) in [4.78, 5) is 8.56. The predicted octanol–water partition coefficient (Wildman–Crippen LogP) is 0.0616. The van der Waals surface area contributed by atoms with Crippen molar-refractivity contribution in [3.8, 4) is 0 Å². The summed E-state index contributed by atoms with van der Waals surface area (Å²) < 4.78 is 0. The monoisotopic (exact) mass is 354 g/mol.